The number of aromatic nitrogens is 2. The van der Waals surface area contributed by atoms with Crippen molar-refractivity contribution in [3.8, 4) is 11.3 Å². The van der Waals surface area contributed by atoms with Crippen LogP contribution in [0.15, 0.2) is 42.5 Å². The molecule has 2 aromatic rings. The van der Waals surface area contributed by atoms with Crippen molar-refractivity contribution in [2.24, 2.45) is 0 Å². The highest BCUT2D eigenvalue weighted by atomic mass is 16.1. The number of hydrogen-bond donors (Lipinski definition) is 0. The highest BCUT2D eigenvalue weighted by Gasteiger charge is 2.20. The van der Waals surface area contributed by atoms with Crippen molar-refractivity contribution < 1.29 is 4.79 Å². The van der Waals surface area contributed by atoms with Gasteiger partial charge in [0.2, 0.25) is 0 Å². The normalized spacial score (nSPS) is 15.1. The van der Waals surface area contributed by atoms with Gasteiger partial charge in [0.15, 0.2) is 11.6 Å². The minimum Gasteiger partial charge on any atom is -0.347 e. The number of benzene rings is 1. The summed E-state index contributed by atoms with van der Waals surface area (Å²) in [5.74, 6) is 1.05. The molecular weight excluding hydrogens is 226 g/mol. The summed E-state index contributed by atoms with van der Waals surface area (Å²) in [4.78, 5) is 13.2. The molecule has 0 saturated carbocycles. The molecular formula is C14H13N3O. The second-order valence-corrected chi connectivity index (χ2v) is 4.35. The summed E-state index contributed by atoms with van der Waals surface area (Å²) in [6.07, 6.45) is 0.613. The molecule has 0 atom stereocenters. The third-order valence-electron chi connectivity index (χ3n) is 3.07. The van der Waals surface area contributed by atoms with Gasteiger partial charge in [-0.2, -0.15) is 0 Å². The number of carbonyl (C=O) groups is 1. The Morgan fingerprint density at radius 3 is 2.44 bits per heavy atom. The lowest BCUT2D eigenvalue weighted by Gasteiger charge is -2.14. The summed E-state index contributed by atoms with van der Waals surface area (Å²) in [5, 5.41) is 8.41. The summed E-state index contributed by atoms with van der Waals surface area (Å²) >= 11 is 0. The van der Waals surface area contributed by atoms with Crippen LogP contribution in [0.5, 0.6) is 0 Å². The second-order valence-electron chi connectivity index (χ2n) is 4.35. The summed E-state index contributed by atoms with van der Waals surface area (Å²) < 4.78 is 0. The summed E-state index contributed by atoms with van der Waals surface area (Å²) in [6, 6.07) is 13.8. The minimum absolute atomic E-state index is 0.268. The number of ketones is 1. The first kappa shape index (κ1) is 10.9. The van der Waals surface area contributed by atoms with Crippen molar-refractivity contribution in [2.45, 2.75) is 6.42 Å². The first-order valence-corrected chi connectivity index (χ1v) is 5.99. The SMILES string of the molecule is O=C1CCN(c2ccc(-c3ccccc3)nn2)C1. The monoisotopic (exact) mass is 239 g/mol. The zero-order valence-electron chi connectivity index (χ0n) is 9.91. The Kier molecular flexibility index (Phi) is 2.76. The summed E-state index contributed by atoms with van der Waals surface area (Å²) in [7, 11) is 0. The fourth-order valence-corrected chi connectivity index (χ4v) is 2.08. The first-order chi connectivity index (χ1) is 8.83. The van der Waals surface area contributed by atoms with Gasteiger partial charge in [-0.05, 0) is 12.1 Å². The lowest BCUT2D eigenvalue weighted by atomic mass is 10.1. The van der Waals surface area contributed by atoms with Gasteiger partial charge in [-0.3, -0.25) is 4.79 Å². The van der Waals surface area contributed by atoms with Gasteiger partial charge in [0.25, 0.3) is 0 Å². The Bertz CT molecular complexity index is 551. The molecule has 1 saturated heterocycles. The van der Waals surface area contributed by atoms with Gasteiger partial charge in [0, 0.05) is 18.5 Å². The second kappa shape index (κ2) is 4.56. The lowest BCUT2D eigenvalue weighted by molar-refractivity contribution is -0.116. The molecule has 0 bridgehead atoms. The average Bonchev–Trinajstić information content (AvgIpc) is 2.87. The Morgan fingerprint density at radius 1 is 1.00 bits per heavy atom. The van der Waals surface area contributed by atoms with E-state index in [0.717, 1.165) is 23.6 Å². The van der Waals surface area contributed by atoms with Crippen molar-refractivity contribution >= 4 is 11.6 Å². The fourth-order valence-electron chi connectivity index (χ4n) is 2.08. The Hall–Kier alpha value is -2.23. The maximum atomic E-state index is 11.2. The fraction of sp³-hybridized carbons (Fsp3) is 0.214. The molecule has 90 valence electrons. The molecule has 3 rings (SSSR count). The van der Waals surface area contributed by atoms with Gasteiger partial charge in [-0.1, -0.05) is 30.3 Å². The molecule has 1 aromatic carbocycles. The van der Waals surface area contributed by atoms with E-state index in [9.17, 15) is 4.79 Å². The van der Waals surface area contributed by atoms with Crippen LogP contribution in [-0.2, 0) is 4.79 Å². The van der Waals surface area contributed by atoms with Crippen LogP contribution >= 0.6 is 0 Å². The van der Waals surface area contributed by atoms with E-state index in [1.807, 2.05) is 47.4 Å². The van der Waals surface area contributed by atoms with Crippen molar-refractivity contribution in [3.63, 3.8) is 0 Å². The Morgan fingerprint density at radius 2 is 1.83 bits per heavy atom. The van der Waals surface area contributed by atoms with Gasteiger partial charge >= 0.3 is 0 Å². The van der Waals surface area contributed by atoms with E-state index in [4.69, 9.17) is 0 Å². The zero-order valence-corrected chi connectivity index (χ0v) is 9.91. The quantitative estimate of drug-likeness (QED) is 0.803. The molecule has 0 amide bonds. The molecule has 0 N–H and O–H groups in total. The molecule has 0 aliphatic carbocycles. The van der Waals surface area contributed by atoms with Crippen LogP contribution in [-0.4, -0.2) is 29.1 Å². The molecule has 18 heavy (non-hydrogen) atoms. The molecule has 1 aromatic heterocycles. The van der Waals surface area contributed by atoms with Crippen molar-refractivity contribution in [1.82, 2.24) is 10.2 Å². The number of carbonyl (C=O) groups excluding carboxylic acids is 1. The van der Waals surface area contributed by atoms with Crippen molar-refractivity contribution in [2.75, 3.05) is 18.0 Å². The number of hydrogen-bond acceptors (Lipinski definition) is 4. The maximum Gasteiger partial charge on any atom is 0.153 e. The van der Waals surface area contributed by atoms with E-state index in [1.54, 1.807) is 0 Å². The Balaban J connectivity index is 1.83. The largest absolute Gasteiger partial charge is 0.347 e. The maximum absolute atomic E-state index is 11.2. The molecule has 1 fully saturated rings. The number of Topliss-reactive ketones (excluding diaryl/α,β-unsaturated/α-hetero) is 1. The predicted octanol–water partition coefficient (Wildman–Crippen LogP) is 1.92. The molecule has 2 heterocycles. The highest BCUT2D eigenvalue weighted by Crippen LogP contribution is 2.19. The van der Waals surface area contributed by atoms with Crippen LogP contribution in [0.2, 0.25) is 0 Å². The van der Waals surface area contributed by atoms with Crippen LogP contribution in [0.3, 0.4) is 0 Å². The van der Waals surface area contributed by atoms with Crippen LogP contribution in [0.1, 0.15) is 6.42 Å². The van der Waals surface area contributed by atoms with E-state index in [0.29, 0.717) is 13.0 Å². The molecule has 0 unspecified atom stereocenters. The van der Waals surface area contributed by atoms with Crippen LogP contribution in [0.4, 0.5) is 5.82 Å². The highest BCUT2D eigenvalue weighted by molar-refractivity contribution is 5.86. The van der Waals surface area contributed by atoms with E-state index < -0.39 is 0 Å². The van der Waals surface area contributed by atoms with E-state index in [-0.39, 0.29) is 5.78 Å². The third-order valence-corrected chi connectivity index (χ3v) is 3.07. The summed E-state index contributed by atoms with van der Waals surface area (Å²) in [5.41, 5.74) is 1.90. The molecule has 1 aliphatic heterocycles. The van der Waals surface area contributed by atoms with Gasteiger partial charge in [0.1, 0.15) is 0 Å². The molecule has 1 aliphatic rings. The van der Waals surface area contributed by atoms with Crippen LogP contribution < -0.4 is 4.90 Å². The van der Waals surface area contributed by atoms with Gasteiger partial charge in [-0.25, -0.2) is 0 Å². The molecule has 4 heteroatoms. The zero-order chi connectivity index (χ0) is 12.4. The summed E-state index contributed by atoms with van der Waals surface area (Å²) in [6.45, 7) is 1.21. The number of rotatable bonds is 2. The minimum atomic E-state index is 0.268. The Labute approximate surface area is 105 Å². The van der Waals surface area contributed by atoms with Gasteiger partial charge in [0.05, 0.1) is 12.2 Å². The molecule has 4 nitrogen and oxygen atoms in total. The first-order valence-electron chi connectivity index (χ1n) is 5.99. The number of nitrogens with zero attached hydrogens (tertiary/aromatic N) is 3. The van der Waals surface area contributed by atoms with E-state index in [1.165, 1.54) is 0 Å². The van der Waals surface area contributed by atoms with Crippen LogP contribution in [0.25, 0.3) is 11.3 Å². The van der Waals surface area contributed by atoms with E-state index >= 15 is 0 Å². The predicted molar refractivity (Wildman–Crippen MR) is 69.3 cm³/mol. The topological polar surface area (TPSA) is 46.1 Å². The van der Waals surface area contributed by atoms with Gasteiger partial charge in [-0.15, -0.1) is 10.2 Å². The third kappa shape index (κ3) is 2.09. The van der Waals surface area contributed by atoms with Crippen molar-refractivity contribution in [3.05, 3.63) is 42.5 Å². The van der Waals surface area contributed by atoms with Gasteiger partial charge < -0.3 is 4.90 Å². The van der Waals surface area contributed by atoms with E-state index in [2.05, 4.69) is 10.2 Å². The standard InChI is InChI=1S/C14H13N3O/c18-12-8-9-17(10-12)14-7-6-13(15-16-14)11-4-2-1-3-5-11/h1-7H,8-10H2. The molecule has 0 spiro atoms. The average molecular weight is 239 g/mol. The molecule has 0 radical (unpaired) electrons. The van der Waals surface area contributed by atoms with Crippen molar-refractivity contribution in [1.29, 1.82) is 0 Å². The van der Waals surface area contributed by atoms with Crippen LogP contribution in [0, 0.1) is 0 Å². The number of anilines is 1. The lowest BCUT2D eigenvalue weighted by Crippen LogP contribution is -2.21. The smallest absolute Gasteiger partial charge is 0.153 e.